The summed E-state index contributed by atoms with van der Waals surface area (Å²) >= 11 is 0. The standard InChI is InChI=1S/C29H45N3O6S/c1-21(2)19-25(30-27(34)14-8-7-13-23-11-5-4-6-12-23)29(35)31-24-17-16-22(3)32(20-26(24)33)39(36,37)28-15-9-10-18-38-28/h9-10,15,18,21-25H,4-8,11-14,16-17,19-20H2,1-3H3,(H-,30,31,34,35)/p+1/t22-,24?,25+/m1/s1. The maximum absolute atomic E-state index is 13.2. The minimum absolute atomic E-state index is 0.149. The van der Waals surface area contributed by atoms with Crippen LogP contribution in [0.3, 0.4) is 0 Å². The van der Waals surface area contributed by atoms with Gasteiger partial charge in [0.05, 0.1) is 18.7 Å². The van der Waals surface area contributed by atoms with Gasteiger partial charge in [0.25, 0.3) is 0 Å². The maximum atomic E-state index is 13.2. The topological polar surface area (TPSA) is 124 Å². The van der Waals surface area contributed by atoms with Crippen molar-refractivity contribution < 1.29 is 27.2 Å². The van der Waals surface area contributed by atoms with Crippen molar-refractivity contribution in [3.63, 3.8) is 0 Å². The van der Waals surface area contributed by atoms with Crippen LogP contribution in [0, 0.1) is 11.8 Å². The number of rotatable bonds is 12. The smallest absolute Gasteiger partial charge is 0.344 e. The maximum Gasteiger partial charge on any atom is 0.456 e. The van der Waals surface area contributed by atoms with E-state index in [0.29, 0.717) is 25.7 Å². The first-order chi connectivity index (χ1) is 18.6. The van der Waals surface area contributed by atoms with Gasteiger partial charge in [-0.15, -0.1) is 0 Å². The van der Waals surface area contributed by atoms with E-state index in [1.807, 2.05) is 13.8 Å². The molecule has 2 N–H and O–H groups in total. The van der Waals surface area contributed by atoms with Crippen molar-refractivity contribution in [2.45, 2.75) is 121 Å². The third-order valence-electron chi connectivity index (χ3n) is 7.90. The normalized spacial score (nSPS) is 22.3. The van der Waals surface area contributed by atoms with Crippen LogP contribution in [0.1, 0.15) is 97.8 Å². The number of unbranched alkanes of at least 4 members (excludes halogenated alkanes) is 1. The number of nitrogens with one attached hydrogen (secondary N) is 2. The first kappa shape index (κ1) is 31.2. The van der Waals surface area contributed by atoms with E-state index < -0.39 is 34.1 Å². The highest BCUT2D eigenvalue weighted by atomic mass is 32.2. The Morgan fingerprint density at radius 2 is 1.82 bits per heavy atom. The minimum Gasteiger partial charge on any atom is -0.344 e. The summed E-state index contributed by atoms with van der Waals surface area (Å²) < 4.78 is 32.6. The van der Waals surface area contributed by atoms with E-state index in [0.717, 1.165) is 29.5 Å². The molecule has 2 fully saturated rings. The fourth-order valence-electron chi connectivity index (χ4n) is 5.63. The molecule has 9 nitrogen and oxygen atoms in total. The molecular weight excluding hydrogens is 518 g/mol. The average Bonchev–Trinajstić information content (AvgIpc) is 3.05. The number of carbonyl (C=O) groups is 3. The lowest BCUT2D eigenvalue weighted by Gasteiger charge is -2.24. The lowest BCUT2D eigenvalue weighted by Crippen LogP contribution is -2.52. The van der Waals surface area contributed by atoms with Gasteiger partial charge in [0, 0.05) is 18.5 Å². The van der Waals surface area contributed by atoms with Crippen molar-refractivity contribution in [1.82, 2.24) is 14.9 Å². The molecule has 1 unspecified atom stereocenters. The van der Waals surface area contributed by atoms with Gasteiger partial charge in [0.15, 0.2) is 5.78 Å². The number of ketones is 1. The van der Waals surface area contributed by atoms with Crippen LogP contribution in [0.15, 0.2) is 34.0 Å². The highest BCUT2D eigenvalue weighted by molar-refractivity contribution is 7.89. The van der Waals surface area contributed by atoms with Gasteiger partial charge in [0.1, 0.15) is 6.04 Å². The largest absolute Gasteiger partial charge is 0.456 e. The predicted molar refractivity (Wildman–Crippen MR) is 149 cm³/mol. The van der Waals surface area contributed by atoms with Crippen LogP contribution in [0.2, 0.25) is 0 Å². The molecule has 1 aliphatic carbocycles. The first-order valence-electron chi connectivity index (χ1n) is 14.6. The van der Waals surface area contributed by atoms with Gasteiger partial charge in [-0.05, 0) is 50.5 Å². The fraction of sp³-hybridized carbons (Fsp3) is 0.724. The molecule has 0 radical (unpaired) electrons. The molecule has 0 bridgehead atoms. The number of hydrogen-bond donors (Lipinski definition) is 2. The van der Waals surface area contributed by atoms with Crippen LogP contribution in [-0.2, 0) is 24.4 Å². The summed E-state index contributed by atoms with van der Waals surface area (Å²) in [5.41, 5.74) is 0. The molecule has 1 aromatic rings. The number of sulfonamides is 1. The number of carbonyl (C=O) groups excluding carboxylic acids is 3. The monoisotopic (exact) mass is 564 g/mol. The number of amides is 2. The molecule has 3 rings (SSSR count). The summed E-state index contributed by atoms with van der Waals surface area (Å²) in [5.74, 6) is 0.00915. The second-order valence-corrected chi connectivity index (χ2v) is 13.4. The van der Waals surface area contributed by atoms with Crippen molar-refractivity contribution in [3.8, 4) is 0 Å². The van der Waals surface area contributed by atoms with Gasteiger partial charge >= 0.3 is 21.4 Å². The van der Waals surface area contributed by atoms with Crippen LogP contribution < -0.4 is 10.6 Å². The quantitative estimate of drug-likeness (QED) is 0.285. The third kappa shape index (κ3) is 9.38. The molecule has 1 saturated heterocycles. The van der Waals surface area contributed by atoms with E-state index in [2.05, 4.69) is 10.6 Å². The molecule has 2 heterocycles. The Bertz CT molecular complexity index is 1060. The molecule has 1 saturated carbocycles. The molecule has 10 heteroatoms. The molecule has 2 amide bonds. The highest BCUT2D eigenvalue weighted by Gasteiger charge is 2.41. The van der Waals surface area contributed by atoms with Crippen molar-refractivity contribution in [2.75, 3.05) is 6.54 Å². The molecule has 39 heavy (non-hydrogen) atoms. The highest BCUT2D eigenvalue weighted by Crippen LogP contribution is 2.28. The Labute approximate surface area is 233 Å². The lowest BCUT2D eigenvalue weighted by atomic mass is 9.85. The van der Waals surface area contributed by atoms with E-state index in [-0.39, 0.29) is 29.2 Å². The number of Topliss-reactive ketones (excluding diaryl/α,β-unsaturated/α-hetero) is 1. The van der Waals surface area contributed by atoms with Gasteiger partial charge in [-0.2, -0.15) is 12.7 Å². The minimum atomic E-state index is -4.01. The summed E-state index contributed by atoms with van der Waals surface area (Å²) in [7, 11) is -4.01. The number of hydrogen-bond acceptors (Lipinski definition) is 5. The van der Waals surface area contributed by atoms with Crippen LogP contribution in [0.4, 0.5) is 0 Å². The van der Waals surface area contributed by atoms with Gasteiger partial charge in [-0.1, -0.05) is 58.8 Å². The van der Waals surface area contributed by atoms with E-state index in [4.69, 9.17) is 4.42 Å². The Morgan fingerprint density at radius 3 is 2.49 bits per heavy atom. The Morgan fingerprint density at radius 1 is 1.08 bits per heavy atom. The summed E-state index contributed by atoms with van der Waals surface area (Å²) in [4.78, 5) is 39.0. The lowest BCUT2D eigenvalue weighted by molar-refractivity contribution is -0.131. The van der Waals surface area contributed by atoms with Crippen molar-refractivity contribution in [1.29, 1.82) is 0 Å². The molecule has 0 aromatic carbocycles. The van der Waals surface area contributed by atoms with E-state index in [1.54, 1.807) is 19.1 Å². The van der Waals surface area contributed by atoms with Crippen LogP contribution in [-0.4, -0.2) is 55.0 Å². The fourth-order valence-corrected chi connectivity index (χ4v) is 7.17. The van der Waals surface area contributed by atoms with Crippen LogP contribution in [0.5, 0.6) is 0 Å². The molecule has 218 valence electrons. The number of nitrogens with zero attached hydrogens (tertiary/aromatic N) is 1. The van der Waals surface area contributed by atoms with Crippen molar-refractivity contribution in [2.24, 2.45) is 11.8 Å². The molecule has 1 aromatic heterocycles. The molecular formula is C29H46N3O6S+. The predicted octanol–water partition coefficient (Wildman–Crippen LogP) is 4.46. The zero-order valence-electron chi connectivity index (χ0n) is 23.7. The second-order valence-electron chi connectivity index (χ2n) is 11.6. The average molecular weight is 565 g/mol. The zero-order chi connectivity index (χ0) is 28.4. The Hall–Kier alpha value is -2.33. The van der Waals surface area contributed by atoms with Gasteiger partial charge < -0.3 is 10.6 Å². The van der Waals surface area contributed by atoms with Crippen LogP contribution in [0.25, 0.3) is 0 Å². The Balaban J connectivity index is 1.55. The summed E-state index contributed by atoms with van der Waals surface area (Å²) in [5, 5.41) is 5.47. The summed E-state index contributed by atoms with van der Waals surface area (Å²) in [6.45, 7) is 5.34. The molecule has 3 atom stereocenters. The summed E-state index contributed by atoms with van der Waals surface area (Å²) in [6.07, 6.45) is 12.4. The van der Waals surface area contributed by atoms with Crippen LogP contribution >= 0.6 is 0 Å². The second kappa shape index (κ2) is 14.9. The van der Waals surface area contributed by atoms with E-state index >= 15 is 0 Å². The molecule has 2 aliphatic rings. The van der Waals surface area contributed by atoms with Gasteiger partial charge in [-0.25, -0.2) is 4.42 Å². The van der Waals surface area contributed by atoms with E-state index in [9.17, 15) is 22.8 Å². The van der Waals surface area contributed by atoms with Gasteiger partial charge in [-0.3, -0.25) is 14.4 Å². The Kier molecular flexibility index (Phi) is 11.9. The van der Waals surface area contributed by atoms with Crippen molar-refractivity contribution in [3.05, 3.63) is 24.5 Å². The third-order valence-corrected chi connectivity index (χ3v) is 9.75. The molecule has 0 spiro atoms. The zero-order valence-corrected chi connectivity index (χ0v) is 24.5. The first-order valence-corrected chi connectivity index (χ1v) is 16.0. The summed E-state index contributed by atoms with van der Waals surface area (Å²) in [6, 6.07) is 2.47. The van der Waals surface area contributed by atoms with E-state index in [1.165, 1.54) is 44.4 Å². The SMILES string of the molecule is CC(C)C[C@H](NC(=O)CCCCC1CCCCC1)C(=O)NC1CC[C@@H](C)N(S(=O)(=O)c2cccc[o+]2)CC1=O. The van der Waals surface area contributed by atoms with Gasteiger partial charge in [0.2, 0.25) is 11.8 Å². The van der Waals surface area contributed by atoms with Crippen molar-refractivity contribution >= 4 is 27.6 Å². The molecule has 1 aliphatic heterocycles.